The lowest BCUT2D eigenvalue weighted by Gasteiger charge is -2.34. The topological polar surface area (TPSA) is 67.9 Å². The molecule has 4 atom stereocenters. The van der Waals surface area contributed by atoms with Crippen LogP contribution in [0.4, 0.5) is 0 Å². The van der Waals surface area contributed by atoms with Gasteiger partial charge in [0.1, 0.15) is 6.04 Å². The summed E-state index contributed by atoms with van der Waals surface area (Å²) in [6.45, 7) is 2.04. The molecule has 2 aliphatic heterocycles. The minimum absolute atomic E-state index is 0.0982. The number of nitrogens with one attached hydrogen (secondary N) is 1. The number of nitrogens with zero attached hydrogens (tertiary/aromatic N) is 1. The monoisotopic (exact) mass is 406 g/mol. The molecule has 2 heterocycles. The van der Waals surface area contributed by atoms with E-state index in [9.17, 15) is 9.59 Å². The van der Waals surface area contributed by atoms with Gasteiger partial charge in [-0.05, 0) is 43.4 Å². The fraction of sp³-hybridized carbons (Fsp3) is 0.619. The number of fused-ring (bicyclic) bond motifs is 1. The molecule has 2 amide bonds. The summed E-state index contributed by atoms with van der Waals surface area (Å²) in [4.78, 5) is 28.2. The van der Waals surface area contributed by atoms with E-state index in [0.717, 1.165) is 25.7 Å². The van der Waals surface area contributed by atoms with Crippen LogP contribution in [-0.4, -0.2) is 61.3 Å². The summed E-state index contributed by atoms with van der Waals surface area (Å²) in [5, 5.41) is 3.52. The number of carbonyl (C=O) groups excluding carboxylic acids is 2. The Morgan fingerprint density at radius 3 is 2.86 bits per heavy atom. The lowest BCUT2D eigenvalue weighted by Crippen LogP contribution is -2.51. The Morgan fingerprint density at radius 1 is 1.21 bits per heavy atom. The third-order valence-corrected chi connectivity index (χ3v) is 6.32. The van der Waals surface area contributed by atoms with E-state index in [1.165, 1.54) is 6.42 Å². The van der Waals surface area contributed by atoms with Gasteiger partial charge in [0.25, 0.3) is 5.91 Å². The second-order valence-corrected chi connectivity index (χ2v) is 8.34. The molecule has 1 saturated carbocycles. The predicted octanol–water partition coefficient (Wildman–Crippen LogP) is 2.64. The van der Waals surface area contributed by atoms with Crippen molar-refractivity contribution in [3.8, 4) is 0 Å². The number of benzene rings is 1. The summed E-state index contributed by atoms with van der Waals surface area (Å²) < 4.78 is 11.0. The lowest BCUT2D eigenvalue weighted by atomic mass is 9.84. The molecule has 3 fully saturated rings. The van der Waals surface area contributed by atoms with Crippen molar-refractivity contribution in [1.82, 2.24) is 10.2 Å². The van der Waals surface area contributed by atoms with Gasteiger partial charge in [-0.15, -0.1) is 0 Å². The van der Waals surface area contributed by atoms with Gasteiger partial charge < -0.3 is 19.7 Å². The maximum Gasteiger partial charge on any atom is 0.254 e. The smallest absolute Gasteiger partial charge is 0.254 e. The quantitative estimate of drug-likeness (QED) is 0.834. The van der Waals surface area contributed by atoms with Gasteiger partial charge in [-0.25, -0.2) is 0 Å². The standard InChI is InChI=1S/C21H27ClN2O4/c22-16-6-3-5-15(10-16)21(26)24-18-7-2-1-4-14(18)11-19(24)20(25)23-12-17-13-27-8-9-28-17/h3,5-6,10,14,17-19H,1-2,4,7-9,11-13H2,(H,23,25)/t14-,17+,18-,19-/m0/s1. The average molecular weight is 407 g/mol. The van der Waals surface area contributed by atoms with Crippen molar-refractivity contribution >= 4 is 23.4 Å². The molecule has 152 valence electrons. The van der Waals surface area contributed by atoms with Crippen LogP contribution < -0.4 is 5.32 Å². The molecular formula is C21H27ClN2O4. The van der Waals surface area contributed by atoms with E-state index >= 15 is 0 Å². The van der Waals surface area contributed by atoms with Crippen LogP contribution >= 0.6 is 11.6 Å². The molecule has 1 aromatic carbocycles. The van der Waals surface area contributed by atoms with E-state index in [1.54, 1.807) is 24.3 Å². The fourth-order valence-electron chi connectivity index (χ4n) is 4.74. The Hall–Kier alpha value is -1.63. The molecule has 4 rings (SSSR count). The molecule has 28 heavy (non-hydrogen) atoms. The summed E-state index contributed by atoms with van der Waals surface area (Å²) in [7, 11) is 0. The van der Waals surface area contributed by atoms with Crippen LogP contribution in [0, 0.1) is 5.92 Å². The highest BCUT2D eigenvalue weighted by molar-refractivity contribution is 6.31. The summed E-state index contributed by atoms with van der Waals surface area (Å²) >= 11 is 6.09. The van der Waals surface area contributed by atoms with Crippen molar-refractivity contribution in [2.75, 3.05) is 26.4 Å². The highest BCUT2D eigenvalue weighted by atomic mass is 35.5. The third-order valence-electron chi connectivity index (χ3n) is 6.09. The van der Waals surface area contributed by atoms with Gasteiger partial charge in [-0.1, -0.05) is 30.5 Å². The predicted molar refractivity (Wildman–Crippen MR) is 105 cm³/mol. The molecule has 0 bridgehead atoms. The number of rotatable bonds is 4. The van der Waals surface area contributed by atoms with Crippen LogP contribution in [0.3, 0.4) is 0 Å². The normalized spacial score (nSPS) is 30.0. The van der Waals surface area contributed by atoms with Gasteiger partial charge in [-0.2, -0.15) is 0 Å². The SMILES string of the molecule is O=C(NC[C@@H]1COCCO1)[C@@H]1C[C@@H]2CCCC[C@@H]2N1C(=O)c1cccc(Cl)c1. The molecule has 0 aromatic heterocycles. The summed E-state index contributed by atoms with van der Waals surface area (Å²) in [5.74, 6) is 0.190. The van der Waals surface area contributed by atoms with E-state index in [0.29, 0.717) is 42.9 Å². The maximum absolute atomic E-state index is 13.3. The first kappa shape index (κ1) is 19.7. The number of carbonyl (C=O) groups is 2. The van der Waals surface area contributed by atoms with Crippen LogP contribution in [0.5, 0.6) is 0 Å². The van der Waals surface area contributed by atoms with E-state index in [4.69, 9.17) is 21.1 Å². The summed E-state index contributed by atoms with van der Waals surface area (Å²) in [5.41, 5.74) is 0.542. The second-order valence-electron chi connectivity index (χ2n) is 7.90. The van der Waals surface area contributed by atoms with E-state index in [-0.39, 0.29) is 24.0 Å². The van der Waals surface area contributed by atoms with Gasteiger partial charge in [-0.3, -0.25) is 9.59 Å². The van der Waals surface area contributed by atoms with Crippen LogP contribution in [0.15, 0.2) is 24.3 Å². The summed E-state index contributed by atoms with van der Waals surface area (Å²) in [6, 6.07) is 6.67. The third kappa shape index (κ3) is 4.19. The number of ether oxygens (including phenoxy) is 2. The van der Waals surface area contributed by atoms with E-state index in [2.05, 4.69) is 5.32 Å². The Morgan fingerprint density at radius 2 is 2.07 bits per heavy atom. The molecule has 0 spiro atoms. The first-order valence-corrected chi connectivity index (χ1v) is 10.6. The maximum atomic E-state index is 13.3. The zero-order valence-electron chi connectivity index (χ0n) is 15.9. The minimum atomic E-state index is -0.441. The minimum Gasteiger partial charge on any atom is -0.376 e. The molecule has 1 aliphatic carbocycles. The number of hydrogen-bond donors (Lipinski definition) is 1. The van der Waals surface area contributed by atoms with Crippen molar-refractivity contribution < 1.29 is 19.1 Å². The van der Waals surface area contributed by atoms with E-state index < -0.39 is 6.04 Å². The molecule has 7 heteroatoms. The molecule has 1 aromatic rings. The van der Waals surface area contributed by atoms with Crippen molar-refractivity contribution in [1.29, 1.82) is 0 Å². The molecule has 6 nitrogen and oxygen atoms in total. The number of amides is 2. The van der Waals surface area contributed by atoms with Gasteiger partial charge in [0.15, 0.2) is 0 Å². The van der Waals surface area contributed by atoms with Crippen LogP contribution in [0.25, 0.3) is 0 Å². The molecule has 0 radical (unpaired) electrons. The Labute approximate surface area is 170 Å². The highest BCUT2D eigenvalue weighted by Crippen LogP contribution is 2.40. The van der Waals surface area contributed by atoms with Crippen molar-refractivity contribution in [3.05, 3.63) is 34.9 Å². The highest BCUT2D eigenvalue weighted by Gasteiger charge is 2.47. The molecule has 3 aliphatic rings. The first-order chi connectivity index (χ1) is 13.6. The lowest BCUT2D eigenvalue weighted by molar-refractivity contribution is -0.127. The second kappa shape index (κ2) is 8.80. The van der Waals surface area contributed by atoms with Gasteiger partial charge in [0.2, 0.25) is 5.91 Å². The Kier molecular flexibility index (Phi) is 6.19. The largest absolute Gasteiger partial charge is 0.376 e. The van der Waals surface area contributed by atoms with Crippen LogP contribution in [0.2, 0.25) is 5.02 Å². The molecule has 2 saturated heterocycles. The van der Waals surface area contributed by atoms with Gasteiger partial charge in [0, 0.05) is 23.2 Å². The van der Waals surface area contributed by atoms with Crippen LogP contribution in [-0.2, 0) is 14.3 Å². The number of likely N-dealkylation sites (tertiary alicyclic amines) is 1. The number of halogens is 1. The van der Waals surface area contributed by atoms with Crippen LogP contribution in [0.1, 0.15) is 42.5 Å². The van der Waals surface area contributed by atoms with Crippen molar-refractivity contribution in [2.45, 2.75) is 50.3 Å². The first-order valence-electron chi connectivity index (χ1n) is 10.2. The van der Waals surface area contributed by atoms with Crippen molar-refractivity contribution in [2.24, 2.45) is 5.92 Å². The van der Waals surface area contributed by atoms with E-state index in [1.807, 2.05) is 4.90 Å². The average Bonchev–Trinajstić information content (AvgIpc) is 3.12. The Bertz CT molecular complexity index is 722. The zero-order valence-corrected chi connectivity index (χ0v) is 16.7. The molecule has 0 unspecified atom stereocenters. The zero-order chi connectivity index (χ0) is 19.5. The van der Waals surface area contributed by atoms with Gasteiger partial charge in [0.05, 0.1) is 25.9 Å². The molecule has 1 N–H and O–H groups in total. The molecular weight excluding hydrogens is 380 g/mol. The van der Waals surface area contributed by atoms with Gasteiger partial charge >= 0.3 is 0 Å². The fourth-order valence-corrected chi connectivity index (χ4v) is 4.93. The summed E-state index contributed by atoms with van der Waals surface area (Å²) in [6.07, 6.45) is 4.90. The Balaban J connectivity index is 1.50. The van der Waals surface area contributed by atoms with Crippen molar-refractivity contribution in [3.63, 3.8) is 0 Å². The number of hydrogen-bond acceptors (Lipinski definition) is 4.